The Kier molecular flexibility index (Phi) is 3.34. The number of likely N-dealkylation sites (tertiary alicyclic amines) is 1. The molecule has 15 heavy (non-hydrogen) atoms. The van der Waals surface area contributed by atoms with Crippen molar-refractivity contribution in [3.05, 3.63) is 0 Å². The molecule has 0 aromatic heterocycles. The minimum atomic E-state index is -0.257. The number of amides is 2. The number of aliphatic imine (C=N–C) groups is 1. The smallest absolute Gasteiger partial charge is 0.345 e. The molecule has 5 nitrogen and oxygen atoms in total. The van der Waals surface area contributed by atoms with Crippen LogP contribution in [0.2, 0.25) is 0 Å². The van der Waals surface area contributed by atoms with Gasteiger partial charge in [-0.3, -0.25) is 0 Å². The van der Waals surface area contributed by atoms with Gasteiger partial charge in [0.2, 0.25) is 0 Å². The Bertz CT molecular complexity index is 281. The summed E-state index contributed by atoms with van der Waals surface area (Å²) >= 11 is 0. The molecule has 1 aliphatic rings. The van der Waals surface area contributed by atoms with Gasteiger partial charge >= 0.3 is 6.03 Å². The van der Waals surface area contributed by atoms with Gasteiger partial charge in [0.05, 0.1) is 0 Å². The maximum Gasteiger partial charge on any atom is 0.345 e. The molecule has 2 amide bonds. The number of nitrogens with zero attached hydrogens (tertiary/aromatic N) is 2. The molecule has 1 saturated heterocycles. The lowest BCUT2D eigenvalue weighted by molar-refractivity contribution is 0.0997. The molecular weight excluding hydrogens is 192 g/mol. The predicted octanol–water partition coefficient (Wildman–Crippen LogP) is 0.685. The van der Waals surface area contributed by atoms with E-state index in [0.29, 0.717) is 12.4 Å². The van der Waals surface area contributed by atoms with E-state index < -0.39 is 0 Å². The lowest BCUT2D eigenvalue weighted by Gasteiger charge is -2.43. The van der Waals surface area contributed by atoms with Crippen LogP contribution in [0.4, 0.5) is 4.79 Å². The molecule has 0 aromatic rings. The SMILES string of the molecule is CC(N)=NC(=O)N1CCC(N)CC1(C)C. The maximum atomic E-state index is 11.7. The highest BCUT2D eigenvalue weighted by Crippen LogP contribution is 2.27. The van der Waals surface area contributed by atoms with Crippen molar-refractivity contribution in [1.82, 2.24) is 4.90 Å². The molecule has 0 saturated carbocycles. The van der Waals surface area contributed by atoms with E-state index in [9.17, 15) is 4.79 Å². The second-order valence-electron chi connectivity index (χ2n) is 4.75. The Balaban J connectivity index is 2.77. The van der Waals surface area contributed by atoms with Crippen LogP contribution < -0.4 is 11.5 Å². The van der Waals surface area contributed by atoms with Crippen molar-refractivity contribution in [2.24, 2.45) is 16.5 Å². The molecule has 0 spiro atoms. The largest absolute Gasteiger partial charge is 0.387 e. The molecule has 1 atom stereocenters. The number of urea groups is 1. The molecule has 1 rings (SSSR count). The van der Waals surface area contributed by atoms with Crippen molar-refractivity contribution in [2.45, 2.75) is 45.2 Å². The third-order valence-electron chi connectivity index (χ3n) is 2.72. The number of hydrogen-bond acceptors (Lipinski definition) is 2. The minimum Gasteiger partial charge on any atom is -0.387 e. The molecule has 0 bridgehead atoms. The topological polar surface area (TPSA) is 84.7 Å². The van der Waals surface area contributed by atoms with Gasteiger partial charge in [0.1, 0.15) is 5.84 Å². The van der Waals surface area contributed by atoms with Gasteiger partial charge in [-0.05, 0) is 33.6 Å². The summed E-state index contributed by atoms with van der Waals surface area (Å²) < 4.78 is 0. The van der Waals surface area contributed by atoms with E-state index in [1.54, 1.807) is 11.8 Å². The molecule has 1 fully saturated rings. The van der Waals surface area contributed by atoms with Gasteiger partial charge in [-0.2, -0.15) is 4.99 Å². The molecule has 0 aromatic carbocycles. The van der Waals surface area contributed by atoms with Crippen molar-refractivity contribution < 1.29 is 4.79 Å². The Morgan fingerprint density at radius 2 is 2.13 bits per heavy atom. The fourth-order valence-corrected chi connectivity index (χ4v) is 2.02. The van der Waals surface area contributed by atoms with Crippen LogP contribution in [0, 0.1) is 0 Å². The van der Waals surface area contributed by atoms with Gasteiger partial charge in [0.15, 0.2) is 0 Å². The highest BCUT2D eigenvalue weighted by Gasteiger charge is 2.36. The number of nitrogens with two attached hydrogens (primary N) is 2. The van der Waals surface area contributed by atoms with E-state index in [4.69, 9.17) is 11.5 Å². The first-order chi connectivity index (χ1) is 6.83. The van der Waals surface area contributed by atoms with Crippen LogP contribution >= 0.6 is 0 Å². The molecule has 86 valence electrons. The fourth-order valence-electron chi connectivity index (χ4n) is 2.02. The predicted molar refractivity (Wildman–Crippen MR) is 60.7 cm³/mol. The van der Waals surface area contributed by atoms with Crippen LogP contribution in [-0.4, -0.2) is 34.9 Å². The van der Waals surface area contributed by atoms with Gasteiger partial charge in [-0.15, -0.1) is 0 Å². The van der Waals surface area contributed by atoms with Crippen molar-refractivity contribution >= 4 is 11.9 Å². The second-order valence-corrected chi connectivity index (χ2v) is 4.75. The van der Waals surface area contributed by atoms with Crippen molar-refractivity contribution in [2.75, 3.05) is 6.54 Å². The monoisotopic (exact) mass is 212 g/mol. The molecule has 1 aliphatic heterocycles. The van der Waals surface area contributed by atoms with Crippen LogP contribution in [0.5, 0.6) is 0 Å². The number of rotatable bonds is 0. The van der Waals surface area contributed by atoms with Gasteiger partial charge in [-0.1, -0.05) is 0 Å². The lowest BCUT2D eigenvalue weighted by Crippen LogP contribution is -2.55. The summed E-state index contributed by atoms with van der Waals surface area (Å²) in [6.45, 7) is 6.28. The number of amidine groups is 1. The first-order valence-electron chi connectivity index (χ1n) is 5.21. The van der Waals surface area contributed by atoms with Crippen LogP contribution in [-0.2, 0) is 0 Å². The van der Waals surface area contributed by atoms with Gasteiger partial charge in [0.25, 0.3) is 0 Å². The molecular formula is C10H20N4O. The highest BCUT2D eigenvalue weighted by molar-refractivity contribution is 5.91. The maximum absolute atomic E-state index is 11.7. The molecule has 5 heteroatoms. The van der Waals surface area contributed by atoms with E-state index in [2.05, 4.69) is 4.99 Å². The standard InChI is InChI=1S/C10H20N4O/c1-7(11)13-9(15)14-5-4-8(12)6-10(14,2)3/h8H,4-6,12H2,1-3H3,(H2,11,13,15). The molecule has 1 unspecified atom stereocenters. The molecule has 4 N–H and O–H groups in total. The number of carbonyl (C=O) groups excluding carboxylic acids is 1. The Morgan fingerprint density at radius 3 is 2.60 bits per heavy atom. The van der Waals surface area contributed by atoms with E-state index in [-0.39, 0.29) is 17.6 Å². The second kappa shape index (κ2) is 4.18. The highest BCUT2D eigenvalue weighted by atomic mass is 16.2. The van der Waals surface area contributed by atoms with Crippen LogP contribution in [0.15, 0.2) is 4.99 Å². The van der Waals surface area contributed by atoms with Gasteiger partial charge < -0.3 is 16.4 Å². The lowest BCUT2D eigenvalue weighted by atomic mass is 9.88. The van der Waals surface area contributed by atoms with Crippen LogP contribution in [0.25, 0.3) is 0 Å². The Morgan fingerprint density at radius 1 is 1.53 bits per heavy atom. The third-order valence-corrected chi connectivity index (χ3v) is 2.72. The van der Waals surface area contributed by atoms with E-state index in [0.717, 1.165) is 12.8 Å². The van der Waals surface area contributed by atoms with Crippen LogP contribution in [0.3, 0.4) is 0 Å². The first kappa shape index (κ1) is 12.0. The van der Waals surface area contributed by atoms with Gasteiger partial charge in [0, 0.05) is 18.1 Å². The van der Waals surface area contributed by atoms with E-state index in [1.807, 2.05) is 13.8 Å². The average molecular weight is 212 g/mol. The van der Waals surface area contributed by atoms with E-state index in [1.165, 1.54) is 0 Å². The zero-order valence-corrected chi connectivity index (χ0v) is 9.66. The Labute approximate surface area is 90.5 Å². The quantitative estimate of drug-likeness (QED) is 0.457. The van der Waals surface area contributed by atoms with Crippen molar-refractivity contribution in [3.63, 3.8) is 0 Å². The minimum absolute atomic E-state index is 0.173. The van der Waals surface area contributed by atoms with E-state index >= 15 is 0 Å². The summed E-state index contributed by atoms with van der Waals surface area (Å²) in [6.07, 6.45) is 1.63. The van der Waals surface area contributed by atoms with Crippen LogP contribution in [0.1, 0.15) is 33.6 Å². The average Bonchev–Trinajstić information content (AvgIpc) is 1.99. The summed E-state index contributed by atoms with van der Waals surface area (Å²) in [5, 5.41) is 0. The normalized spacial score (nSPS) is 26.5. The molecule has 1 heterocycles. The first-order valence-corrected chi connectivity index (χ1v) is 5.21. The van der Waals surface area contributed by atoms with Crippen molar-refractivity contribution in [3.8, 4) is 0 Å². The molecule has 0 radical (unpaired) electrons. The third kappa shape index (κ3) is 2.92. The van der Waals surface area contributed by atoms with Gasteiger partial charge in [-0.25, -0.2) is 4.79 Å². The summed E-state index contributed by atoms with van der Waals surface area (Å²) in [4.78, 5) is 17.3. The summed E-state index contributed by atoms with van der Waals surface area (Å²) in [5.41, 5.74) is 11.0. The zero-order chi connectivity index (χ0) is 11.6. The number of carbonyl (C=O) groups is 1. The number of piperidine rings is 1. The summed E-state index contributed by atoms with van der Waals surface area (Å²) in [5.74, 6) is 0.297. The molecule has 0 aliphatic carbocycles. The van der Waals surface area contributed by atoms with Crippen molar-refractivity contribution in [1.29, 1.82) is 0 Å². The summed E-state index contributed by atoms with van der Waals surface area (Å²) in [6, 6.07) is -0.0843. The Hall–Kier alpha value is -1.10. The summed E-state index contributed by atoms with van der Waals surface area (Å²) in [7, 11) is 0. The fraction of sp³-hybridized carbons (Fsp3) is 0.800. The number of hydrogen-bond donors (Lipinski definition) is 2. The zero-order valence-electron chi connectivity index (χ0n) is 9.66.